The van der Waals surface area contributed by atoms with Gasteiger partial charge in [0.05, 0.1) is 11.4 Å². The summed E-state index contributed by atoms with van der Waals surface area (Å²) >= 11 is 0. The van der Waals surface area contributed by atoms with Gasteiger partial charge < -0.3 is 10.5 Å². The molecule has 2 rings (SSSR count). The third-order valence-corrected chi connectivity index (χ3v) is 2.18. The van der Waals surface area contributed by atoms with Gasteiger partial charge in [-0.05, 0) is 25.1 Å². The van der Waals surface area contributed by atoms with Gasteiger partial charge in [-0.3, -0.25) is 4.98 Å². The number of anilines is 1. The fraction of sp³-hybridized carbons (Fsp3) is 0.0833. The van der Waals surface area contributed by atoms with Crippen molar-refractivity contribution in [3.8, 4) is 17.7 Å². The molecule has 0 fully saturated rings. The van der Waals surface area contributed by atoms with E-state index >= 15 is 0 Å². The van der Waals surface area contributed by atoms with Crippen LogP contribution in [-0.4, -0.2) is 9.97 Å². The zero-order valence-corrected chi connectivity index (χ0v) is 9.21. The number of nitrogen functional groups attached to an aromatic ring is 1. The molecule has 0 bridgehead atoms. The molecule has 5 heteroatoms. The van der Waals surface area contributed by atoms with E-state index in [9.17, 15) is 0 Å². The lowest BCUT2D eigenvalue weighted by Crippen LogP contribution is -1.97. The fourth-order valence-electron chi connectivity index (χ4n) is 1.29. The number of rotatable bonds is 2. The van der Waals surface area contributed by atoms with Crippen molar-refractivity contribution in [1.29, 1.82) is 5.26 Å². The van der Waals surface area contributed by atoms with E-state index in [4.69, 9.17) is 15.7 Å². The minimum absolute atomic E-state index is 0.157. The maximum Gasteiger partial charge on any atom is 0.220 e. The number of nitriles is 1. The van der Waals surface area contributed by atoms with Gasteiger partial charge in [-0.15, -0.1) is 0 Å². The Hall–Kier alpha value is -2.61. The van der Waals surface area contributed by atoms with Gasteiger partial charge in [0.1, 0.15) is 6.07 Å². The lowest BCUT2D eigenvalue weighted by Gasteiger charge is -2.07. The Kier molecular flexibility index (Phi) is 2.88. The van der Waals surface area contributed by atoms with E-state index in [-0.39, 0.29) is 5.69 Å². The average Bonchev–Trinajstić information content (AvgIpc) is 2.34. The molecule has 0 atom stereocenters. The normalized spacial score (nSPS) is 9.65. The molecule has 2 aromatic heterocycles. The molecule has 0 aliphatic heterocycles. The van der Waals surface area contributed by atoms with Crippen LogP contribution in [0.1, 0.15) is 11.4 Å². The van der Waals surface area contributed by atoms with Gasteiger partial charge in [-0.1, -0.05) is 0 Å². The highest BCUT2D eigenvalue weighted by Crippen LogP contribution is 2.23. The minimum Gasteiger partial charge on any atom is -0.437 e. The maximum atomic E-state index is 8.80. The second-order valence-corrected chi connectivity index (χ2v) is 3.39. The number of ether oxygens (including phenoxy) is 1. The highest BCUT2D eigenvalue weighted by atomic mass is 16.5. The molecule has 0 unspecified atom stereocenters. The minimum atomic E-state index is 0.157. The zero-order chi connectivity index (χ0) is 12.3. The highest BCUT2D eigenvalue weighted by Gasteiger charge is 2.05. The van der Waals surface area contributed by atoms with E-state index in [0.29, 0.717) is 17.3 Å². The van der Waals surface area contributed by atoms with Crippen molar-refractivity contribution in [2.24, 2.45) is 0 Å². The lowest BCUT2D eigenvalue weighted by molar-refractivity contribution is 0.456. The molecule has 0 amide bonds. The fourth-order valence-corrected chi connectivity index (χ4v) is 1.29. The summed E-state index contributed by atoms with van der Waals surface area (Å²) in [6, 6.07) is 8.66. The van der Waals surface area contributed by atoms with Gasteiger partial charge in [0, 0.05) is 12.3 Å². The van der Waals surface area contributed by atoms with E-state index in [1.165, 1.54) is 0 Å². The van der Waals surface area contributed by atoms with Crippen LogP contribution in [0.4, 0.5) is 5.69 Å². The maximum absolute atomic E-state index is 8.80. The molecule has 2 heterocycles. The van der Waals surface area contributed by atoms with Crippen LogP contribution >= 0.6 is 0 Å². The Bertz CT molecular complexity index is 589. The summed E-state index contributed by atoms with van der Waals surface area (Å²) in [6.07, 6.45) is 1.68. The van der Waals surface area contributed by atoms with Crippen LogP contribution < -0.4 is 10.5 Å². The predicted molar refractivity (Wildman–Crippen MR) is 62.4 cm³/mol. The summed E-state index contributed by atoms with van der Waals surface area (Å²) < 4.78 is 5.53. The first-order chi connectivity index (χ1) is 8.20. The number of nitrogens with two attached hydrogens (primary N) is 1. The van der Waals surface area contributed by atoms with Gasteiger partial charge in [-0.25, -0.2) is 4.98 Å². The Balaban J connectivity index is 2.32. The molecule has 17 heavy (non-hydrogen) atoms. The Morgan fingerprint density at radius 2 is 2.18 bits per heavy atom. The molecular formula is C12H10N4O. The third kappa shape index (κ3) is 2.32. The largest absolute Gasteiger partial charge is 0.437 e. The summed E-state index contributed by atoms with van der Waals surface area (Å²) in [7, 11) is 0. The van der Waals surface area contributed by atoms with Crippen molar-refractivity contribution < 1.29 is 4.74 Å². The molecule has 5 nitrogen and oxygen atoms in total. The number of aromatic nitrogens is 2. The monoisotopic (exact) mass is 226 g/mol. The van der Waals surface area contributed by atoms with Gasteiger partial charge in [0.25, 0.3) is 0 Å². The van der Waals surface area contributed by atoms with Gasteiger partial charge in [0.2, 0.25) is 5.88 Å². The lowest BCUT2D eigenvalue weighted by atomic mass is 10.3. The first-order valence-electron chi connectivity index (χ1n) is 4.97. The standard InChI is InChI=1S/C12H10N4O/c1-8-11(3-2-6-15-8)17-12-5-4-9(14)10(7-13)16-12/h2-6H,14H2,1H3. The summed E-state index contributed by atoms with van der Waals surface area (Å²) in [5, 5.41) is 8.80. The van der Waals surface area contributed by atoms with E-state index in [0.717, 1.165) is 5.69 Å². The van der Waals surface area contributed by atoms with Crippen LogP contribution in [0.25, 0.3) is 0 Å². The second kappa shape index (κ2) is 4.49. The topological polar surface area (TPSA) is 84.8 Å². The van der Waals surface area contributed by atoms with Crippen molar-refractivity contribution in [2.75, 3.05) is 5.73 Å². The van der Waals surface area contributed by atoms with Crippen LogP contribution in [-0.2, 0) is 0 Å². The van der Waals surface area contributed by atoms with E-state index in [1.54, 1.807) is 30.5 Å². The van der Waals surface area contributed by atoms with Crippen molar-refractivity contribution in [3.05, 3.63) is 41.9 Å². The predicted octanol–water partition coefficient (Wildman–Crippen LogP) is 2.03. The molecule has 0 saturated heterocycles. The molecule has 84 valence electrons. The number of nitrogens with zero attached hydrogens (tertiary/aromatic N) is 3. The first-order valence-corrected chi connectivity index (χ1v) is 4.97. The molecule has 0 aliphatic rings. The number of hydrogen-bond acceptors (Lipinski definition) is 5. The molecule has 0 aliphatic carbocycles. The molecule has 2 N–H and O–H groups in total. The van der Waals surface area contributed by atoms with Crippen molar-refractivity contribution in [1.82, 2.24) is 9.97 Å². The van der Waals surface area contributed by atoms with E-state index in [1.807, 2.05) is 13.0 Å². The van der Waals surface area contributed by atoms with Gasteiger partial charge in [-0.2, -0.15) is 5.26 Å². The Labute approximate surface area is 98.5 Å². The zero-order valence-electron chi connectivity index (χ0n) is 9.21. The van der Waals surface area contributed by atoms with Crippen molar-refractivity contribution >= 4 is 5.69 Å². The molecule has 0 aromatic carbocycles. The van der Waals surface area contributed by atoms with E-state index in [2.05, 4.69) is 9.97 Å². The third-order valence-electron chi connectivity index (χ3n) is 2.18. The second-order valence-electron chi connectivity index (χ2n) is 3.39. The number of hydrogen-bond donors (Lipinski definition) is 1. The molecule has 2 aromatic rings. The quantitative estimate of drug-likeness (QED) is 0.846. The molecule has 0 radical (unpaired) electrons. The highest BCUT2D eigenvalue weighted by molar-refractivity contribution is 5.51. The van der Waals surface area contributed by atoms with Crippen LogP contribution in [0, 0.1) is 18.3 Å². The Morgan fingerprint density at radius 3 is 2.88 bits per heavy atom. The summed E-state index contributed by atoms with van der Waals surface area (Å²) in [4.78, 5) is 8.08. The van der Waals surface area contributed by atoms with Crippen molar-refractivity contribution in [2.45, 2.75) is 6.92 Å². The number of pyridine rings is 2. The summed E-state index contributed by atoms with van der Waals surface area (Å²) in [5.74, 6) is 0.931. The van der Waals surface area contributed by atoms with Crippen LogP contribution in [0.2, 0.25) is 0 Å². The van der Waals surface area contributed by atoms with Gasteiger partial charge >= 0.3 is 0 Å². The van der Waals surface area contributed by atoms with Gasteiger partial charge in [0.15, 0.2) is 11.4 Å². The van der Waals surface area contributed by atoms with Crippen LogP contribution in [0.3, 0.4) is 0 Å². The number of aryl methyl sites for hydroxylation is 1. The van der Waals surface area contributed by atoms with Crippen molar-refractivity contribution in [3.63, 3.8) is 0 Å². The molecular weight excluding hydrogens is 216 g/mol. The average molecular weight is 226 g/mol. The van der Waals surface area contributed by atoms with Crippen LogP contribution in [0.15, 0.2) is 30.5 Å². The molecule has 0 spiro atoms. The Morgan fingerprint density at radius 1 is 1.35 bits per heavy atom. The first kappa shape index (κ1) is 10.9. The summed E-state index contributed by atoms with van der Waals surface area (Å²) in [5.41, 5.74) is 6.82. The SMILES string of the molecule is Cc1ncccc1Oc1ccc(N)c(C#N)n1. The van der Waals surface area contributed by atoms with E-state index < -0.39 is 0 Å². The summed E-state index contributed by atoms with van der Waals surface area (Å²) in [6.45, 7) is 1.83. The molecule has 0 saturated carbocycles. The van der Waals surface area contributed by atoms with Crippen LogP contribution in [0.5, 0.6) is 11.6 Å². The smallest absolute Gasteiger partial charge is 0.220 e.